The first-order valence-electron chi connectivity index (χ1n) is 6.37. The summed E-state index contributed by atoms with van der Waals surface area (Å²) < 4.78 is 0. The molecule has 1 saturated carbocycles. The average Bonchev–Trinajstić information content (AvgIpc) is 3.18. The van der Waals surface area contributed by atoms with Crippen LogP contribution in [0, 0.1) is 0 Å². The molecule has 1 aromatic rings. The molecule has 0 aromatic heterocycles. The third-order valence-electron chi connectivity index (χ3n) is 3.10. The Hall–Kier alpha value is -0.510. The smallest absolute Gasteiger partial charge is 0.0208 e. The second-order valence-electron chi connectivity index (χ2n) is 4.81. The lowest BCUT2D eigenvalue weighted by molar-refractivity contribution is 0.500. The first kappa shape index (κ1) is 12.9. The molecule has 2 rings (SSSR count). The van der Waals surface area contributed by atoms with E-state index in [9.17, 15) is 0 Å². The Labute approximate surface area is 109 Å². The van der Waals surface area contributed by atoms with Crippen LogP contribution in [0.15, 0.2) is 29.2 Å². The minimum absolute atomic E-state index is 0.538. The Morgan fingerprint density at radius 2 is 2.00 bits per heavy atom. The maximum absolute atomic E-state index is 3.55. The van der Waals surface area contributed by atoms with E-state index in [1.54, 1.807) is 11.8 Å². The minimum atomic E-state index is 0.538. The summed E-state index contributed by atoms with van der Waals surface area (Å²) in [6.07, 6.45) is 4.84. The lowest BCUT2D eigenvalue weighted by atomic mass is 10.2. The van der Waals surface area contributed by atoms with E-state index in [-0.39, 0.29) is 0 Å². The van der Waals surface area contributed by atoms with E-state index in [0.717, 1.165) is 19.1 Å². The molecule has 0 aliphatic heterocycles. The molecule has 0 radical (unpaired) electrons. The summed E-state index contributed by atoms with van der Waals surface area (Å²) in [6, 6.07) is 10.1. The predicted octanol–water partition coefficient (Wildman–Crippen LogP) is 2.64. The van der Waals surface area contributed by atoms with E-state index < -0.39 is 0 Å². The molecule has 1 fully saturated rings. The standard InChI is InChI=1S/C14H22N2S/c1-11(9-16-13-5-6-13)15-10-12-3-7-14(17-2)8-4-12/h3-4,7-8,11,13,15-16H,5-6,9-10H2,1-2H3. The van der Waals surface area contributed by atoms with Gasteiger partial charge in [-0.15, -0.1) is 11.8 Å². The molecule has 0 bridgehead atoms. The van der Waals surface area contributed by atoms with Crippen LogP contribution < -0.4 is 10.6 Å². The highest BCUT2D eigenvalue weighted by atomic mass is 32.2. The number of nitrogens with one attached hydrogen (secondary N) is 2. The van der Waals surface area contributed by atoms with E-state index >= 15 is 0 Å². The van der Waals surface area contributed by atoms with Crippen molar-refractivity contribution in [2.45, 2.75) is 43.3 Å². The molecule has 1 aliphatic carbocycles. The van der Waals surface area contributed by atoms with E-state index in [4.69, 9.17) is 0 Å². The molecule has 1 atom stereocenters. The molecule has 1 aliphatic rings. The van der Waals surface area contributed by atoms with Crippen molar-refractivity contribution in [3.05, 3.63) is 29.8 Å². The molecular formula is C14H22N2S. The normalized spacial score (nSPS) is 17.1. The van der Waals surface area contributed by atoms with E-state index in [1.165, 1.54) is 23.3 Å². The minimum Gasteiger partial charge on any atom is -0.312 e. The predicted molar refractivity (Wildman–Crippen MR) is 75.5 cm³/mol. The molecule has 94 valence electrons. The highest BCUT2D eigenvalue weighted by Gasteiger charge is 2.20. The van der Waals surface area contributed by atoms with Crippen LogP contribution in [-0.4, -0.2) is 24.9 Å². The topological polar surface area (TPSA) is 24.1 Å². The SMILES string of the molecule is CSc1ccc(CNC(C)CNC2CC2)cc1. The van der Waals surface area contributed by atoms with Crippen LogP contribution in [0.4, 0.5) is 0 Å². The van der Waals surface area contributed by atoms with Gasteiger partial charge in [0.25, 0.3) is 0 Å². The quantitative estimate of drug-likeness (QED) is 0.728. The lowest BCUT2D eigenvalue weighted by Crippen LogP contribution is -2.36. The van der Waals surface area contributed by atoms with Crippen LogP contribution in [-0.2, 0) is 6.54 Å². The number of thioether (sulfide) groups is 1. The molecule has 1 unspecified atom stereocenters. The summed E-state index contributed by atoms with van der Waals surface area (Å²) in [7, 11) is 0. The van der Waals surface area contributed by atoms with Crippen molar-refractivity contribution in [3.63, 3.8) is 0 Å². The fourth-order valence-corrected chi connectivity index (χ4v) is 2.15. The average molecular weight is 250 g/mol. The zero-order valence-corrected chi connectivity index (χ0v) is 11.5. The van der Waals surface area contributed by atoms with Gasteiger partial charge in [0, 0.05) is 30.1 Å². The van der Waals surface area contributed by atoms with Gasteiger partial charge in [0.1, 0.15) is 0 Å². The molecule has 1 aromatic carbocycles. The molecule has 3 heteroatoms. The fourth-order valence-electron chi connectivity index (χ4n) is 1.74. The molecule has 0 amide bonds. The van der Waals surface area contributed by atoms with Gasteiger partial charge in [0.15, 0.2) is 0 Å². The van der Waals surface area contributed by atoms with Gasteiger partial charge >= 0.3 is 0 Å². The first-order chi connectivity index (χ1) is 8.28. The van der Waals surface area contributed by atoms with Crippen LogP contribution in [0.2, 0.25) is 0 Å². The monoisotopic (exact) mass is 250 g/mol. The largest absolute Gasteiger partial charge is 0.312 e. The summed E-state index contributed by atoms with van der Waals surface area (Å²) in [5, 5.41) is 7.10. The Morgan fingerprint density at radius 3 is 2.59 bits per heavy atom. The molecule has 0 heterocycles. The Balaban J connectivity index is 1.68. The Kier molecular flexibility index (Phi) is 4.89. The first-order valence-corrected chi connectivity index (χ1v) is 7.60. The van der Waals surface area contributed by atoms with Crippen molar-refractivity contribution in [3.8, 4) is 0 Å². The van der Waals surface area contributed by atoms with E-state index in [0.29, 0.717) is 6.04 Å². The van der Waals surface area contributed by atoms with E-state index in [2.05, 4.69) is 48.1 Å². The molecule has 2 N–H and O–H groups in total. The van der Waals surface area contributed by atoms with Crippen molar-refractivity contribution < 1.29 is 0 Å². The van der Waals surface area contributed by atoms with Gasteiger partial charge in [-0.3, -0.25) is 0 Å². The summed E-state index contributed by atoms with van der Waals surface area (Å²) in [5.41, 5.74) is 1.36. The highest BCUT2D eigenvalue weighted by Crippen LogP contribution is 2.18. The number of hydrogen-bond acceptors (Lipinski definition) is 3. The van der Waals surface area contributed by atoms with Gasteiger partial charge in [0.05, 0.1) is 0 Å². The van der Waals surface area contributed by atoms with Crippen molar-refractivity contribution in [2.75, 3.05) is 12.8 Å². The summed E-state index contributed by atoms with van der Waals surface area (Å²) >= 11 is 1.79. The van der Waals surface area contributed by atoms with Gasteiger partial charge in [0.2, 0.25) is 0 Å². The van der Waals surface area contributed by atoms with Crippen LogP contribution in [0.1, 0.15) is 25.3 Å². The zero-order chi connectivity index (χ0) is 12.1. The summed E-state index contributed by atoms with van der Waals surface area (Å²) in [6.45, 7) is 4.28. The maximum atomic E-state index is 3.55. The molecular weight excluding hydrogens is 228 g/mol. The Bertz CT molecular complexity index is 333. The fraction of sp³-hybridized carbons (Fsp3) is 0.571. The zero-order valence-electron chi connectivity index (χ0n) is 10.7. The molecule has 17 heavy (non-hydrogen) atoms. The second kappa shape index (κ2) is 6.43. The van der Waals surface area contributed by atoms with Gasteiger partial charge in [-0.05, 0) is 43.7 Å². The van der Waals surface area contributed by atoms with Crippen LogP contribution in [0.5, 0.6) is 0 Å². The van der Waals surface area contributed by atoms with Crippen LogP contribution in [0.25, 0.3) is 0 Å². The molecule has 0 spiro atoms. The van der Waals surface area contributed by atoms with Crippen molar-refractivity contribution in [2.24, 2.45) is 0 Å². The van der Waals surface area contributed by atoms with Crippen LogP contribution in [0.3, 0.4) is 0 Å². The van der Waals surface area contributed by atoms with Gasteiger partial charge in [-0.2, -0.15) is 0 Å². The van der Waals surface area contributed by atoms with E-state index in [1.807, 2.05) is 0 Å². The summed E-state index contributed by atoms with van der Waals surface area (Å²) in [4.78, 5) is 1.33. The van der Waals surface area contributed by atoms with Gasteiger partial charge < -0.3 is 10.6 Å². The number of hydrogen-bond donors (Lipinski definition) is 2. The third-order valence-corrected chi connectivity index (χ3v) is 3.85. The maximum Gasteiger partial charge on any atom is 0.0208 e. The number of benzene rings is 1. The highest BCUT2D eigenvalue weighted by molar-refractivity contribution is 7.98. The summed E-state index contributed by atoms with van der Waals surface area (Å²) in [5.74, 6) is 0. The van der Waals surface area contributed by atoms with Crippen molar-refractivity contribution in [1.29, 1.82) is 0 Å². The van der Waals surface area contributed by atoms with Gasteiger partial charge in [-0.1, -0.05) is 12.1 Å². The van der Waals surface area contributed by atoms with Crippen molar-refractivity contribution >= 4 is 11.8 Å². The molecule has 0 saturated heterocycles. The molecule has 2 nitrogen and oxygen atoms in total. The second-order valence-corrected chi connectivity index (χ2v) is 5.69. The van der Waals surface area contributed by atoms with Crippen molar-refractivity contribution in [1.82, 2.24) is 10.6 Å². The lowest BCUT2D eigenvalue weighted by Gasteiger charge is -2.14. The third kappa shape index (κ3) is 4.70. The van der Waals surface area contributed by atoms with Crippen LogP contribution >= 0.6 is 11.8 Å². The number of rotatable bonds is 7. The van der Waals surface area contributed by atoms with Gasteiger partial charge in [-0.25, -0.2) is 0 Å². The Morgan fingerprint density at radius 1 is 1.29 bits per heavy atom.